The fourth-order valence-corrected chi connectivity index (χ4v) is 2.24. The predicted molar refractivity (Wildman–Crippen MR) is 73.5 cm³/mol. The van der Waals surface area contributed by atoms with Crippen molar-refractivity contribution in [1.29, 1.82) is 0 Å². The molecule has 0 atom stereocenters. The quantitative estimate of drug-likeness (QED) is 0.692. The van der Waals surface area contributed by atoms with Crippen LogP contribution in [-0.2, 0) is 0 Å². The van der Waals surface area contributed by atoms with Gasteiger partial charge in [-0.1, -0.05) is 30.3 Å². The highest BCUT2D eigenvalue weighted by molar-refractivity contribution is 7.71. The fourth-order valence-electron chi connectivity index (χ4n) is 2.05. The molecule has 0 fully saturated rings. The molecule has 0 amide bonds. The summed E-state index contributed by atoms with van der Waals surface area (Å²) < 4.78 is 6.00. The summed E-state index contributed by atoms with van der Waals surface area (Å²) in [5.41, 5.74) is 2.05. The molecule has 0 aliphatic carbocycles. The van der Waals surface area contributed by atoms with Crippen LogP contribution < -0.4 is 10.5 Å². The van der Waals surface area contributed by atoms with Crippen LogP contribution in [0.4, 0.5) is 0 Å². The molecule has 19 heavy (non-hydrogen) atoms. The number of H-pyrrole nitrogens is 2. The van der Waals surface area contributed by atoms with E-state index in [1.165, 1.54) is 0 Å². The molecule has 2 aliphatic rings. The van der Waals surface area contributed by atoms with E-state index in [9.17, 15) is 4.79 Å². The van der Waals surface area contributed by atoms with Crippen molar-refractivity contribution >= 4 is 12.2 Å². The summed E-state index contributed by atoms with van der Waals surface area (Å²) in [6.45, 7) is 1.87. The molecular weight excluding hydrogens is 260 g/mol. The van der Waals surface area contributed by atoms with E-state index in [0.29, 0.717) is 17.2 Å². The molecule has 0 bridgehead atoms. The minimum atomic E-state index is -0.236. The Morgan fingerprint density at radius 3 is 2.74 bits per heavy atom. The zero-order valence-electron chi connectivity index (χ0n) is 10.2. The van der Waals surface area contributed by atoms with Crippen molar-refractivity contribution in [2.45, 2.75) is 6.92 Å². The second-order valence-corrected chi connectivity index (χ2v) is 4.68. The maximum atomic E-state index is 11.9. The summed E-state index contributed by atoms with van der Waals surface area (Å²) in [4.78, 5) is 17.3. The van der Waals surface area contributed by atoms with Gasteiger partial charge in [-0.3, -0.25) is 0 Å². The Morgan fingerprint density at radius 1 is 1.26 bits per heavy atom. The van der Waals surface area contributed by atoms with Gasteiger partial charge in [-0.25, -0.2) is 4.79 Å². The largest absolute Gasteiger partial charge is 0.422 e. The summed E-state index contributed by atoms with van der Waals surface area (Å²) in [6, 6.07) is 11.6. The first-order chi connectivity index (χ1) is 9.15. The molecular formula is C14H11N2O2S+. The van der Waals surface area contributed by atoms with Crippen molar-refractivity contribution in [3.63, 3.8) is 0 Å². The van der Waals surface area contributed by atoms with Crippen LogP contribution in [0, 0.1) is 11.7 Å². The summed E-state index contributed by atoms with van der Waals surface area (Å²) in [7, 11) is 0. The standard InChI is InChI=1S/C14H10N2O2S/c1-8-7-10(9-5-3-2-4-6-9)18-13-11(8)12(17)15-14(19)16-13/h2-7H,1H3,(H,15,17,19)/p+1. The number of nitrogens with one attached hydrogen (secondary N) is 2. The molecule has 1 aromatic rings. The summed E-state index contributed by atoms with van der Waals surface area (Å²) in [5, 5.41) is 0. The number of rotatable bonds is 1. The number of aryl methyl sites for hydroxylation is 1. The lowest BCUT2D eigenvalue weighted by Crippen LogP contribution is -2.23. The number of hydrogen-bond acceptors (Lipinski definition) is 3. The maximum Gasteiger partial charge on any atom is 0.352 e. The van der Waals surface area contributed by atoms with Crippen LogP contribution in [-0.4, -0.2) is 4.98 Å². The van der Waals surface area contributed by atoms with Crippen LogP contribution in [0.3, 0.4) is 0 Å². The summed E-state index contributed by atoms with van der Waals surface area (Å²) in [6.07, 6.45) is 0. The molecule has 2 N–H and O–H groups in total. The van der Waals surface area contributed by atoms with E-state index in [1.807, 2.05) is 43.3 Å². The van der Waals surface area contributed by atoms with Gasteiger partial charge < -0.3 is 4.42 Å². The Labute approximate surface area is 114 Å². The van der Waals surface area contributed by atoms with Crippen LogP contribution in [0.15, 0.2) is 45.6 Å². The van der Waals surface area contributed by atoms with Gasteiger partial charge in [0.15, 0.2) is 5.56 Å². The third kappa shape index (κ3) is 2.08. The lowest BCUT2D eigenvalue weighted by Gasteiger charge is -2.06. The second kappa shape index (κ2) is 4.44. The van der Waals surface area contributed by atoms with E-state index in [1.54, 1.807) is 0 Å². The maximum absolute atomic E-state index is 11.9. The molecule has 0 aromatic heterocycles. The first-order valence-electron chi connectivity index (χ1n) is 5.80. The number of hydrogen-bond donors (Lipinski definition) is 1. The molecule has 0 spiro atoms. The highest BCUT2D eigenvalue weighted by Gasteiger charge is 2.20. The Balaban J connectivity index is 2.34. The van der Waals surface area contributed by atoms with Gasteiger partial charge in [0.25, 0.3) is 0 Å². The van der Waals surface area contributed by atoms with Crippen LogP contribution in [0.5, 0.6) is 0 Å². The van der Waals surface area contributed by atoms with E-state index >= 15 is 0 Å². The molecule has 0 unspecified atom stereocenters. The molecule has 0 saturated heterocycles. The molecule has 5 heteroatoms. The molecule has 3 rings (SSSR count). The normalized spacial score (nSPS) is 10.8. The molecule has 2 heterocycles. The predicted octanol–water partition coefficient (Wildman–Crippen LogP) is 2.59. The van der Waals surface area contributed by atoms with Crippen LogP contribution >= 0.6 is 12.2 Å². The van der Waals surface area contributed by atoms with Crippen molar-refractivity contribution in [3.8, 4) is 22.8 Å². The van der Waals surface area contributed by atoms with Gasteiger partial charge in [0.05, 0.1) is 0 Å². The average Bonchev–Trinajstić information content (AvgIpc) is 2.38. The van der Waals surface area contributed by atoms with Gasteiger partial charge in [0.1, 0.15) is 5.76 Å². The van der Waals surface area contributed by atoms with Gasteiger partial charge in [-0.05, 0) is 18.6 Å². The third-order valence-corrected chi connectivity index (χ3v) is 3.12. The number of aromatic nitrogens is 2. The average molecular weight is 271 g/mol. The van der Waals surface area contributed by atoms with Gasteiger partial charge in [0, 0.05) is 17.8 Å². The molecule has 94 valence electrons. The first-order valence-corrected chi connectivity index (χ1v) is 6.21. The van der Waals surface area contributed by atoms with E-state index in [0.717, 1.165) is 11.1 Å². The Morgan fingerprint density at radius 2 is 2.00 bits per heavy atom. The number of benzene rings is 1. The second-order valence-electron chi connectivity index (χ2n) is 4.27. The van der Waals surface area contributed by atoms with Crippen LogP contribution in [0.25, 0.3) is 22.8 Å². The Bertz CT molecular complexity index is 821. The molecule has 0 radical (unpaired) electrons. The van der Waals surface area contributed by atoms with Crippen molar-refractivity contribution in [2.24, 2.45) is 0 Å². The van der Waals surface area contributed by atoms with Gasteiger partial charge in [-0.2, -0.15) is 9.97 Å². The Kier molecular flexibility index (Phi) is 2.76. The van der Waals surface area contributed by atoms with Crippen molar-refractivity contribution < 1.29 is 9.40 Å². The van der Waals surface area contributed by atoms with E-state index in [2.05, 4.69) is 9.97 Å². The van der Waals surface area contributed by atoms with Gasteiger partial charge in [0.2, 0.25) is 0 Å². The van der Waals surface area contributed by atoms with E-state index in [-0.39, 0.29) is 10.3 Å². The Hall–Kier alpha value is -2.27. The number of fused-ring (bicyclic) bond motifs is 1. The monoisotopic (exact) mass is 271 g/mol. The smallest absolute Gasteiger partial charge is 0.352 e. The van der Waals surface area contributed by atoms with Crippen LogP contribution in [0.2, 0.25) is 0 Å². The van der Waals surface area contributed by atoms with Crippen molar-refractivity contribution in [2.75, 3.05) is 0 Å². The molecule has 4 nitrogen and oxygen atoms in total. The van der Waals surface area contributed by atoms with E-state index in [4.69, 9.17) is 16.6 Å². The molecule has 0 saturated carbocycles. The third-order valence-electron chi connectivity index (χ3n) is 2.92. The van der Waals surface area contributed by atoms with E-state index < -0.39 is 0 Å². The molecule has 2 aliphatic heterocycles. The zero-order valence-corrected chi connectivity index (χ0v) is 11.0. The first kappa shape index (κ1) is 11.8. The van der Waals surface area contributed by atoms with Crippen molar-refractivity contribution in [1.82, 2.24) is 4.98 Å². The highest BCUT2D eigenvalue weighted by atomic mass is 32.1. The fraction of sp³-hybridized carbons (Fsp3) is 0.0714. The zero-order chi connectivity index (χ0) is 13.4. The number of aromatic amines is 2. The minimum Gasteiger partial charge on any atom is -0.422 e. The summed E-state index contributed by atoms with van der Waals surface area (Å²) in [5.74, 6) is 1.09. The molecule has 1 aromatic carbocycles. The lowest BCUT2D eigenvalue weighted by molar-refractivity contribution is -0.393. The van der Waals surface area contributed by atoms with Gasteiger partial charge in [-0.15, -0.1) is 0 Å². The highest BCUT2D eigenvalue weighted by Crippen LogP contribution is 2.26. The van der Waals surface area contributed by atoms with Gasteiger partial charge >= 0.3 is 16.2 Å². The minimum absolute atomic E-state index is 0.236. The summed E-state index contributed by atoms with van der Waals surface area (Å²) >= 11 is 4.96. The lowest BCUT2D eigenvalue weighted by atomic mass is 10.1. The van der Waals surface area contributed by atoms with Crippen LogP contribution in [0.1, 0.15) is 5.56 Å². The SMILES string of the molecule is Cc1cc(-c2ccccc2)oc2[nH+]c(=S)[nH]c(=O)c1-2. The topological polar surface area (TPSA) is 60.1 Å². The van der Waals surface area contributed by atoms with Crippen molar-refractivity contribution in [3.05, 3.63) is 57.1 Å².